The molecule has 1 heterocycles. The van der Waals surface area contributed by atoms with Gasteiger partial charge in [-0.3, -0.25) is 9.59 Å². The molecule has 0 fully saturated rings. The largest absolute Gasteiger partial charge is 0.468 e. The third-order valence-electron chi connectivity index (χ3n) is 3.31. The second-order valence-electron chi connectivity index (χ2n) is 4.88. The minimum Gasteiger partial charge on any atom is -0.468 e. The molecule has 0 saturated carbocycles. The standard InChI is InChI=1S/C15H17N3O4/c1-17-8-7-13(19)18(15(17)21)11-5-3-10(4-6-11)9-12(16)14(20)22-2/h3-8,12H,9,16H2,1-2H3/t12-/m0/s1. The lowest BCUT2D eigenvalue weighted by molar-refractivity contribution is -0.142. The van der Waals surface area contributed by atoms with Crippen molar-refractivity contribution in [2.24, 2.45) is 12.8 Å². The Balaban J connectivity index is 2.31. The van der Waals surface area contributed by atoms with Crippen molar-refractivity contribution in [1.29, 1.82) is 0 Å². The van der Waals surface area contributed by atoms with Crippen molar-refractivity contribution >= 4 is 5.97 Å². The predicted octanol–water partition coefficient (Wildman–Crippen LogP) is -0.421. The van der Waals surface area contributed by atoms with Crippen molar-refractivity contribution in [3.8, 4) is 5.69 Å². The molecule has 0 amide bonds. The molecule has 2 rings (SSSR count). The highest BCUT2D eigenvalue weighted by Gasteiger charge is 2.14. The summed E-state index contributed by atoms with van der Waals surface area (Å²) in [5.41, 5.74) is 6.14. The van der Waals surface area contributed by atoms with Crippen molar-refractivity contribution in [2.45, 2.75) is 12.5 Å². The molecular formula is C15H17N3O4. The Morgan fingerprint density at radius 1 is 1.23 bits per heavy atom. The number of esters is 1. The van der Waals surface area contributed by atoms with Gasteiger partial charge in [0.15, 0.2) is 0 Å². The van der Waals surface area contributed by atoms with E-state index in [2.05, 4.69) is 4.74 Å². The summed E-state index contributed by atoms with van der Waals surface area (Å²) >= 11 is 0. The normalized spacial score (nSPS) is 12.0. The number of carbonyl (C=O) groups is 1. The maximum absolute atomic E-state index is 12.0. The number of methoxy groups -OCH3 is 1. The number of carbonyl (C=O) groups excluding carboxylic acids is 1. The molecule has 1 aromatic heterocycles. The second kappa shape index (κ2) is 6.40. The van der Waals surface area contributed by atoms with Gasteiger partial charge < -0.3 is 15.0 Å². The summed E-state index contributed by atoms with van der Waals surface area (Å²) in [5.74, 6) is -0.489. The average molecular weight is 303 g/mol. The number of hydrogen-bond donors (Lipinski definition) is 1. The Bertz CT molecular complexity index is 790. The summed E-state index contributed by atoms with van der Waals surface area (Å²) in [6.07, 6.45) is 1.74. The molecule has 22 heavy (non-hydrogen) atoms. The first-order valence-corrected chi connectivity index (χ1v) is 6.65. The Hall–Kier alpha value is -2.67. The number of nitrogens with zero attached hydrogens (tertiary/aromatic N) is 2. The van der Waals surface area contributed by atoms with E-state index in [4.69, 9.17) is 5.73 Å². The highest BCUT2D eigenvalue weighted by molar-refractivity contribution is 5.75. The summed E-state index contributed by atoms with van der Waals surface area (Å²) in [5, 5.41) is 0. The Morgan fingerprint density at radius 2 is 1.86 bits per heavy atom. The highest BCUT2D eigenvalue weighted by atomic mass is 16.5. The summed E-state index contributed by atoms with van der Waals surface area (Å²) < 4.78 is 6.96. The molecule has 0 spiro atoms. The van der Waals surface area contributed by atoms with Gasteiger partial charge in [0.05, 0.1) is 12.8 Å². The second-order valence-corrected chi connectivity index (χ2v) is 4.88. The lowest BCUT2D eigenvalue weighted by Gasteiger charge is -2.10. The molecule has 0 saturated heterocycles. The van der Waals surface area contributed by atoms with Gasteiger partial charge in [-0.2, -0.15) is 0 Å². The number of aromatic nitrogens is 2. The topological polar surface area (TPSA) is 96.3 Å². The first kappa shape index (κ1) is 15.7. The number of benzene rings is 1. The van der Waals surface area contributed by atoms with Crippen LogP contribution in [-0.2, 0) is 23.0 Å². The first-order valence-electron chi connectivity index (χ1n) is 6.65. The van der Waals surface area contributed by atoms with E-state index in [1.807, 2.05) is 0 Å². The van der Waals surface area contributed by atoms with Crippen LogP contribution < -0.4 is 17.0 Å². The van der Waals surface area contributed by atoms with Gasteiger partial charge in [-0.1, -0.05) is 12.1 Å². The van der Waals surface area contributed by atoms with E-state index in [-0.39, 0.29) is 0 Å². The molecule has 0 bridgehead atoms. The minimum atomic E-state index is -0.747. The van der Waals surface area contributed by atoms with Crippen LogP contribution in [0.3, 0.4) is 0 Å². The van der Waals surface area contributed by atoms with Gasteiger partial charge in [0.2, 0.25) is 0 Å². The molecule has 1 aromatic carbocycles. The summed E-state index contributed by atoms with van der Waals surface area (Å²) in [6, 6.07) is 7.30. The summed E-state index contributed by atoms with van der Waals surface area (Å²) in [7, 11) is 2.85. The molecular weight excluding hydrogens is 286 g/mol. The van der Waals surface area contributed by atoms with Gasteiger partial charge in [-0.15, -0.1) is 0 Å². The van der Waals surface area contributed by atoms with E-state index in [1.54, 1.807) is 31.3 Å². The zero-order chi connectivity index (χ0) is 16.3. The summed E-state index contributed by atoms with van der Waals surface area (Å²) in [6.45, 7) is 0. The van der Waals surface area contributed by atoms with Crippen molar-refractivity contribution in [3.63, 3.8) is 0 Å². The van der Waals surface area contributed by atoms with Crippen molar-refractivity contribution in [3.05, 3.63) is 62.9 Å². The van der Waals surface area contributed by atoms with E-state index in [0.29, 0.717) is 12.1 Å². The lowest BCUT2D eigenvalue weighted by atomic mass is 10.1. The maximum Gasteiger partial charge on any atom is 0.335 e. The molecule has 0 unspecified atom stereocenters. The van der Waals surface area contributed by atoms with Gasteiger partial charge in [0, 0.05) is 19.3 Å². The van der Waals surface area contributed by atoms with E-state index < -0.39 is 23.3 Å². The van der Waals surface area contributed by atoms with Crippen LogP contribution in [0.4, 0.5) is 0 Å². The molecule has 0 radical (unpaired) electrons. The zero-order valence-electron chi connectivity index (χ0n) is 12.4. The van der Waals surface area contributed by atoms with Crippen LogP contribution in [0.25, 0.3) is 5.69 Å². The molecule has 116 valence electrons. The first-order chi connectivity index (χ1) is 10.4. The van der Waals surface area contributed by atoms with Crippen molar-refractivity contribution in [1.82, 2.24) is 9.13 Å². The Labute approximate surface area is 126 Å². The monoisotopic (exact) mass is 303 g/mol. The number of aryl methyl sites for hydroxylation is 1. The molecule has 0 aliphatic heterocycles. The van der Waals surface area contributed by atoms with E-state index in [9.17, 15) is 14.4 Å². The van der Waals surface area contributed by atoms with Crippen molar-refractivity contribution in [2.75, 3.05) is 7.11 Å². The fourth-order valence-corrected chi connectivity index (χ4v) is 2.07. The van der Waals surface area contributed by atoms with Gasteiger partial charge >= 0.3 is 11.7 Å². The van der Waals surface area contributed by atoms with Crippen LogP contribution in [-0.4, -0.2) is 28.3 Å². The van der Waals surface area contributed by atoms with Gasteiger partial charge in [-0.25, -0.2) is 9.36 Å². The van der Waals surface area contributed by atoms with Crippen LogP contribution in [0.1, 0.15) is 5.56 Å². The average Bonchev–Trinajstić information content (AvgIpc) is 2.52. The number of ether oxygens (including phenoxy) is 1. The third kappa shape index (κ3) is 3.15. The third-order valence-corrected chi connectivity index (χ3v) is 3.31. The molecule has 2 N–H and O–H groups in total. The quantitative estimate of drug-likeness (QED) is 0.774. The minimum absolute atomic E-state index is 0.314. The predicted molar refractivity (Wildman–Crippen MR) is 81.0 cm³/mol. The maximum atomic E-state index is 12.0. The SMILES string of the molecule is COC(=O)[C@@H](N)Cc1ccc(-n2c(=O)ccn(C)c2=O)cc1. The molecule has 7 nitrogen and oxygen atoms in total. The number of nitrogens with two attached hydrogens (primary N) is 1. The fraction of sp³-hybridized carbons (Fsp3) is 0.267. The van der Waals surface area contributed by atoms with Gasteiger partial charge in [-0.05, 0) is 24.1 Å². The molecule has 2 aromatic rings. The number of rotatable bonds is 4. The van der Waals surface area contributed by atoms with Crippen LogP contribution in [0.2, 0.25) is 0 Å². The van der Waals surface area contributed by atoms with Crippen molar-refractivity contribution < 1.29 is 9.53 Å². The van der Waals surface area contributed by atoms with E-state index in [1.165, 1.54) is 23.9 Å². The molecule has 1 atom stereocenters. The Kier molecular flexibility index (Phi) is 4.57. The number of hydrogen-bond acceptors (Lipinski definition) is 5. The smallest absolute Gasteiger partial charge is 0.335 e. The highest BCUT2D eigenvalue weighted by Crippen LogP contribution is 2.08. The summed E-state index contributed by atoms with van der Waals surface area (Å²) in [4.78, 5) is 35.2. The van der Waals surface area contributed by atoms with Gasteiger partial charge in [0.1, 0.15) is 6.04 Å². The lowest BCUT2D eigenvalue weighted by Crippen LogP contribution is -2.36. The molecule has 7 heteroatoms. The van der Waals surface area contributed by atoms with Crippen LogP contribution in [0.15, 0.2) is 46.1 Å². The molecule has 0 aliphatic carbocycles. The van der Waals surface area contributed by atoms with Crippen LogP contribution in [0, 0.1) is 0 Å². The fourth-order valence-electron chi connectivity index (χ4n) is 2.07. The van der Waals surface area contributed by atoms with E-state index >= 15 is 0 Å². The Morgan fingerprint density at radius 3 is 2.45 bits per heavy atom. The van der Waals surface area contributed by atoms with Crippen LogP contribution >= 0.6 is 0 Å². The van der Waals surface area contributed by atoms with Gasteiger partial charge in [0.25, 0.3) is 5.56 Å². The molecule has 0 aliphatic rings. The van der Waals surface area contributed by atoms with E-state index in [0.717, 1.165) is 10.1 Å². The zero-order valence-corrected chi connectivity index (χ0v) is 12.4. The van der Waals surface area contributed by atoms with Crippen LogP contribution in [0.5, 0.6) is 0 Å².